The molecule has 1 aliphatic rings. The van der Waals surface area contributed by atoms with Gasteiger partial charge < -0.3 is 4.90 Å². The van der Waals surface area contributed by atoms with Gasteiger partial charge >= 0.3 is 0 Å². The number of halogens is 1. The van der Waals surface area contributed by atoms with Crippen molar-refractivity contribution in [1.82, 2.24) is 4.90 Å². The number of piperidine rings is 1. The normalized spacial score (nSPS) is 22.4. The van der Waals surface area contributed by atoms with Crippen LogP contribution in [0.3, 0.4) is 0 Å². The monoisotopic (exact) mass is 175 g/mol. The highest BCUT2D eigenvalue weighted by Gasteiger charge is 2.16. The van der Waals surface area contributed by atoms with E-state index in [2.05, 4.69) is 11.8 Å². The number of alkyl halides is 1. The molecule has 1 aliphatic heterocycles. The quantitative estimate of drug-likeness (QED) is 0.596. The van der Waals surface area contributed by atoms with Crippen LogP contribution in [0.5, 0.6) is 0 Å². The van der Waals surface area contributed by atoms with Gasteiger partial charge in [0.2, 0.25) is 0 Å². The third kappa shape index (κ3) is 3.00. The minimum Gasteiger partial charge on any atom is -0.304 e. The first-order valence-electron chi connectivity index (χ1n) is 4.65. The van der Waals surface area contributed by atoms with E-state index in [4.69, 9.17) is 11.6 Å². The number of nitrogens with zero attached hydrogens (tertiary/aromatic N) is 1. The molecular formula is C9H18ClN. The van der Waals surface area contributed by atoms with Crippen LogP contribution < -0.4 is 0 Å². The van der Waals surface area contributed by atoms with Crippen LogP contribution in [0, 0.1) is 5.92 Å². The summed E-state index contributed by atoms with van der Waals surface area (Å²) in [6.45, 7) is 6.03. The molecule has 0 saturated carbocycles. The maximum absolute atomic E-state index is 5.69. The van der Waals surface area contributed by atoms with Crippen molar-refractivity contribution < 1.29 is 0 Å². The second kappa shape index (κ2) is 5.00. The SMILES string of the molecule is CCN1CCC(CCCl)CC1. The fourth-order valence-corrected chi connectivity index (χ4v) is 2.05. The van der Waals surface area contributed by atoms with Crippen LogP contribution >= 0.6 is 11.6 Å². The molecule has 0 aromatic carbocycles. The average molecular weight is 176 g/mol. The lowest BCUT2D eigenvalue weighted by Crippen LogP contribution is -2.33. The van der Waals surface area contributed by atoms with Crippen molar-refractivity contribution in [3.8, 4) is 0 Å². The highest BCUT2D eigenvalue weighted by Crippen LogP contribution is 2.20. The molecule has 0 bridgehead atoms. The van der Waals surface area contributed by atoms with Gasteiger partial charge in [-0.3, -0.25) is 0 Å². The molecule has 1 fully saturated rings. The number of hydrogen-bond acceptors (Lipinski definition) is 1. The summed E-state index contributed by atoms with van der Waals surface area (Å²) < 4.78 is 0. The zero-order valence-electron chi connectivity index (χ0n) is 7.35. The second-order valence-electron chi connectivity index (χ2n) is 3.36. The van der Waals surface area contributed by atoms with E-state index < -0.39 is 0 Å². The van der Waals surface area contributed by atoms with E-state index in [0.29, 0.717) is 0 Å². The Morgan fingerprint density at radius 2 is 2.00 bits per heavy atom. The van der Waals surface area contributed by atoms with Crippen LogP contribution in [0.15, 0.2) is 0 Å². The highest BCUT2D eigenvalue weighted by molar-refractivity contribution is 6.17. The van der Waals surface area contributed by atoms with E-state index in [-0.39, 0.29) is 0 Å². The molecule has 66 valence electrons. The molecule has 0 aromatic rings. The number of likely N-dealkylation sites (tertiary alicyclic amines) is 1. The summed E-state index contributed by atoms with van der Waals surface area (Å²) in [5.41, 5.74) is 0. The molecule has 1 saturated heterocycles. The first kappa shape index (κ1) is 9.34. The molecule has 1 rings (SSSR count). The molecular weight excluding hydrogens is 158 g/mol. The van der Waals surface area contributed by atoms with E-state index in [1.807, 2.05) is 0 Å². The van der Waals surface area contributed by atoms with Gasteiger partial charge in [-0.2, -0.15) is 0 Å². The van der Waals surface area contributed by atoms with Gasteiger partial charge in [-0.05, 0) is 44.8 Å². The van der Waals surface area contributed by atoms with Crippen molar-refractivity contribution in [3.05, 3.63) is 0 Å². The summed E-state index contributed by atoms with van der Waals surface area (Å²) in [5, 5.41) is 0. The topological polar surface area (TPSA) is 3.24 Å². The van der Waals surface area contributed by atoms with Crippen LogP contribution in [-0.2, 0) is 0 Å². The Morgan fingerprint density at radius 1 is 1.36 bits per heavy atom. The van der Waals surface area contributed by atoms with Gasteiger partial charge in [-0.1, -0.05) is 6.92 Å². The molecule has 1 nitrogen and oxygen atoms in total. The van der Waals surface area contributed by atoms with Gasteiger partial charge in [0.15, 0.2) is 0 Å². The van der Waals surface area contributed by atoms with E-state index in [9.17, 15) is 0 Å². The van der Waals surface area contributed by atoms with E-state index >= 15 is 0 Å². The smallest absolute Gasteiger partial charge is 0.0226 e. The van der Waals surface area contributed by atoms with Gasteiger partial charge in [0.25, 0.3) is 0 Å². The minimum absolute atomic E-state index is 0.844. The van der Waals surface area contributed by atoms with Crippen molar-refractivity contribution in [3.63, 3.8) is 0 Å². The van der Waals surface area contributed by atoms with E-state index in [1.165, 1.54) is 38.9 Å². The van der Waals surface area contributed by atoms with Crippen molar-refractivity contribution >= 4 is 11.6 Å². The first-order chi connectivity index (χ1) is 5.36. The lowest BCUT2D eigenvalue weighted by atomic mass is 9.94. The van der Waals surface area contributed by atoms with Crippen LogP contribution in [0.1, 0.15) is 26.2 Å². The third-order valence-electron chi connectivity index (χ3n) is 2.67. The number of rotatable bonds is 3. The van der Waals surface area contributed by atoms with E-state index in [0.717, 1.165) is 11.8 Å². The Balaban J connectivity index is 2.14. The second-order valence-corrected chi connectivity index (χ2v) is 3.73. The zero-order valence-corrected chi connectivity index (χ0v) is 8.11. The fourth-order valence-electron chi connectivity index (χ4n) is 1.75. The first-order valence-corrected chi connectivity index (χ1v) is 5.18. The average Bonchev–Trinajstić information content (AvgIpc) is 2.07. The van der Waals surface area contributed by atoms with Crippen molar-refractivity contribution in [2.45, 2.75) is 26.2 Å². The standard InChI is InChI=1S/C9H18ClN/c1-2-11-7-4-9(3-6-10)5-8-11/h9H,2-8H2,1H3. The molecule has 0 N–H and O–H groups in total. The summed E-state index contributed by atoms with van der Waals surface area (Å²) in [5.74, 6) is 1.76. The van der Waals surface area contributed by atoms with Gasteiger partial charge in [0, 0.05) is 5.88 Å². The zero-order chi connectivity index (χ0) is 8.10. The molecule has 0 spiro atoms. The Hall–Kier alpha value is 0.250. The maximum atomic E-state index is 5.69. The summed E-state index contributed by atoms with van der Waals surface area (Å²) in [7, 11) is 0. The molecule has 11 heavy (non-hydrogen) atoms. The van der Waals surface area contributed by atoms with Crippen molar-refractivity contribution in [2.75, 3.05) is 25.5 Å². The maximum Gasteiger partial charge on any atom is 0.0226 e. The van der Waals surface area contributed by atoms with Gasteiger partial charge in [0.1, 0.15) is 0 Å². The molecule has 0 aliphatic carbocycles. The lowest BCUT2D eigenvalue weighted by Gasteiger charge is -2.30. The third-order valence-corrected chi connectivity index (χ3v) is 2.89. The summed E-state index contributed by atoms with van der Waals surface area (Å²) in [4.78, 5) is 2.52. The Morgan fingerprint density at radius 3 is 2.45 bits per heavy atom. The predicted octanol–water partition coefficient (Wildman–Crippen LogP) is 2.35. The van der Waals surface area contributed by atoms with Crippen LogP contribution in [0.25, 0.3) is 0 Å². The summed E-state index contributed by atoms with van der Waals surface area (Å²) >= 11 is 5.69. The molecule has 1 heterocycles. The molecule has 0 unspecified atom stereocenters. The molecule has 0 amide bonds. The minimum atomic E-state index is 0.844. The summed E-state index contributed by atoms with van der Waals surface area (Å²) in [6, 6.07) is 0. The van der Waals surface area contributed by atoms with E-state index in [1.54, 1.807) is 0 Å². The molecule has 0 aromatic heterocycles. The lowest BCUT2D eigenvalue weighted by molar-refractivity contribution is 0.190. The molecule has 0 radical (unpaired) electrons. The van der Waals surface area contributed by atoms with Crippen LogP contribution in [-0.4, -0.2) is 30.4 Å². The van der Waals surface area contributed by atoms with Crippen molar-refractivity contribution in [2.24, 2.45) is 5.92 Å². The Kier molecular flexibility index (Phi) is 4.24. The molecule has 2 heteroatoms. The van der Waals surface area contributed by atoms with Gasteiger partial charge in [0.05, 0.1) is 0 Å². The largest absolute Gasteiger partial charge is 0.304 e. The molecule has 0 atom stereocenters. The Labute approximate surface area is 74.7 Å². The predicted molar refractivity (Wildman–Crippen MR) is 50.2 cm³/mol. The fraction of sp³-hybridized carbons (Fsp3) is 1.00. The number of hydrogen-bond donors (Lipinski definition) is 0. The van der Waals surface area contributed by atoms with Gasteiger partial charge in [-0.25, -0.2) is 0 Å². The van der Waals surface area contributed by atoms with Crippen molar-refractivity contribution in [1.29, 1.82) is 0 Å². The Bertz CT molecular complexity index is 97.7. The summed E-state index contributed by atoms with van der Waals surface area (Å²) in [6.07, 6.45) is 3.94. The van der Waals surface area contributed by atoms with Crippen LogP contribution in [0.4, 0.5) is 0 Å². The van der Waals surface area contributed by atoms with Gasteiger partial charge in [-0.15, -0.1) is 11.6 Å². The highest BCUT2D eigenvalue weighted by atomic mass is 35.5. The van der Waals surface area contributed by atoms with Crippen LogP contribution in [0.2, 0.25) is 0 Å².